The van der Waals surface area contributed by atoms with E-state index in [1.165, 1.54) is 15.6 Å². The number of rotatable bonds is 6. The summed E-state index contributed by atoms with van der Waals surface area (Å²) < 4.78 is 29.8. The van der Waals surface area contributed by atoms with Crippen LogP contribution in [0.4, 0.5) is 0 Å². The van der Waals surface area contributed by atoms with Crippen molar-refractivity contribution in [3.05, 3.63) is 83.5 Å². The summed E-state index contributed by atoms with van der Waals surface area (Å²) in [4.78, 5) is 18.3. The molecular formula is C25H26N4O3S2. The average molecular weight is 495 g/mol. The van der Waals surface area contributed by atoms with Gasteiger partial charge in [0.15, 0.2) is 0 Å². The Kier molecular flexibility index (Phi) is 6.24. The predicted octanol–water partition coefficient (Wildman–Crippen LogP) is 3.94. The first-order chi connectivity index (χ1) is 16.4. The highest BCUT2D eigenvalue weighted by molar-refractivity contribution is 7.91. The van der Waals surface area contributed by atoms with Gasteiger partial charge < -0.3 is 9.88 Å². The Balaban J connectivity index is 1.42. The van der Waals surface area contributed by atoms with Gasteiger partial charge in [-0.1, -0.05) is 48.5 Å². The number of sulfonamides is 1. The minimum atomic E-state index is -3.59. The van der Waals surface area contributed by atoms with Crippen molar-refractivity contribution in [1.82, 2.24) is 19.2 Å². The molecule has 0 radical (unpaired) electrons. The van der Waals surface area contributed by atoms with Gasteiger partial charge in [0.25, 0.3) is 10.0 Å². The first-order valence-corrected chi connectivity index (χ1v) is 13.6. The van der Waals surface area contributed by atoms with Gasteiger partial charge in [0.1, 0.15) is 16.1 Å². The summed E-state index contributed by atoms with van der Waals surface area (Å²) in [5.41, 5.74) is 2.77. The lowest BCUT2D eigenvalue weighted by Gasteiger charge is -2.32. The van der Waals surface area contributed by atoms with Crippen molar-refractivity contribution in [2.24, 2.45) is 13.0 Å². The van der Waals surface area contributed by atoms with Crippen LogP contribution >= 0.6 is 11.3 Å². The highest BCUT2D eigenvalue weighted by Gasteiger charge is 2.35. The highest BCUT2D eigenvalue weighted by atomic mass is 32.2. The third kappa shape index (κ3) is 4.26. The summed E-state index contributed by atoms with van der Waals surface area (Å²) in [7, 11) is -1.64. The Morgan fingerprint density at radius 2 is 1.85 bits per heavy atom. The monoisotopic (exact) mass is 494 g/mol. The molecule has 9 heteroatoms. The summed E-state index contributed by atoms with van der Waals surface area (Å²) in [5.74, 6) is 0.149. The highest BCUT2D eigenvalue weighted by Crippen LogP contribution is 2.29. The third-order valence-corrected chi connectivity index (χ3v) is 9.58. The fourth-order valence-electron chi connectivity index (χ4n) is 4.54. The molecule has 34 heavy (non-hydrogen) atoms. The number of fused-ring (bicyclic) bond motifs is 1. The molecule has 0 spiro atoms. The van der Waals surface area contributed by atoms with Gasteiger partial charge >= 0.3 is 0 Å². The van der Waals surface area contributed by atoms with Gasteiger partial charge in [0.05, 0.1) is 17.0 Å². The quantitative estimate of drug-likeness (QED) is 0.440. The number of para-hydroxylation sites is 2. The van der Waals surface area contributed by atoms with Crippen molar-refractivity contribution in [2.45, 2.75) is 23.1 Å². The molecule has 0 aliphatic carbocycles. The first-order valence-electron chi connectivity index (χ1n) is 11.3. The maximum atomic E-state index is 13.5. The number of imidazole rings is 1. The second-order valence-electron chi connectivity index (χ2n) is 8.50. The van der Waals surface area contributed by atoms with E-state index in [1.807, 2.05) is 66.2 Å². The topological polar surface area (TPSA) is 84.3 Å². The van der Waals surface area contributed by atoms with Crippen molar-refractivity contribution < 1.29 is 13.2 Å². The smallest absolute Gasteiger partial charge is 0.252 e. The average Bonchev–Trinajstić information content (AvgIpc) is 3.53. The number of hydrogen-bond acceptors (Lipinski definition) is 5. The molecule has 2 aromatic carbocycles. The van der Waals surface area contributed by atoms with E-state index >= 15 is 0 Å². The van der Waals surface area contributed by atoms with E-state index in [0.29, 0.717) is 23.6 Å². The summed E-state index contributed by atoms with van der Waals surface area (Å²) >= 11 is 1.20. The van der Waals surface area contributed by atoms with Crippen LogP contribution < -0.4 is 5.32 Å². The zero-order valence-electron chi connectivity index (χ0n) is 18.8. The molecule has 0 bridgehead atoms. The van der Waals surface area contributed by atoms with E-state index in [9.17, 15) is 13.2 Å². The second-order valence-corrected chi connectivity index (χ2v) is 11.6. The van der Waals surface area contributed by atoms with Gasteiger partial charge in [-0.15, -0.1) is 11.3 Å². The summed E-state index contributed by atoms with van der Waals surface area (Å²) in [6, 6.07) is 20.5. The zero-order chi connectivity index (χ0) is 23.7. The lowest BCUT2D eigenvalue weighted by Crippen LogP contribution is -2.46. The van der Waals surface area contributed by atoms with Crippen LogP contribution in [0.5, 0.6) is 0 Å². The van der Waals surface area contributed by atoms with Gasteiger partial charge in [0, 0.05) is 20.1 Å². The molecule has 1 aliphatic heterocycles. The molecule has 176 valence electrons. The molecule has 2 aromatic heterocycles. The van der Waals surface area contributed by atoms with Gasteiger partial charge in [-0.25, -0.2) is 13.4 Å². The number of benzene rings is 2. The van der Waals surface area contributed by atoms with Crippen molar-refractivity contribution in [1.29, 1.82) is 0 Å². The number of nitrogens with one attached hydrogen (secondary N) is 1. The van der Waals surface area contributed by atoms with Crippen molar-refractivity contribution >= 4 is 38.3 Å². The van der Waals surface area contributed by atoms with Crippen LogP contribution in [0.1, 0.15) is 30.3 Å². The SMILES string of the molecule is Cn1c(C(NC(=O)C2CCCN(S(=O)(=O)c3cccs3)C2)c2ccccc2)nc2ccccc21. The molecular weight excluding hydrogens is 468 g/mol. The summed E-state index contributed by atoms with van der Waals surface area (Å²) in [6.07, 6.45) is 1.29. The van der Waals surface area contributed by atoms with Gasteiger partial charge in [-0.05, 0) is 42.0 Å². The second kappa shape index (κ2) is 9.32. The molecule has 3 heterocycles. The van der Waals surface area contributed by atoms with E-state index in [2.05, 4.69) is 5.32 Å². The number of amides is 1. The van der Waals surface area contributed by atoms with Gasteiger partial charge in [-0.3, -0.25) is 4.79 Å². The minimum Gasteiger partial charge on any atom is -0.342 e. The number of nitrogens with zero attached hydrogens (tertiary/aromatic N) is 3. The van der Waals surface area contributed by atoms with Crippen LogP contribution in [0.2, 0.25) is 0 Å². The Hall–Kier alpha value is -3.01. The van der Waals surface area contributed by atoms with Crippen LogP contribution in [0.3, 0.4) is 0 Å². The lowest BCUT2D eigenvalue weighted by atomic mass is 9.97. The van der Waals surface area contributed by atoms with Gasteiger partial charge in [-0.2, -0.15) is 4.31 Å². The third-order valence-electron chi connectivity index (χ3n) is 6.34. The van der Waals surface area contributed by atoms with Crippen molar-refractivity contribution in [3.8, 4) is 0 Å². The largest absolute Gasteiger partial charge is 0.342 e. The van der Waals surface area contributed by atoms with Crippen LogP contribution in [0.25, 0.3) is 11.0 Å². The van der Waals surface area contributed by atoms with Crippen molar-refractivity contribution in [2.75, 3.05) is 13.1 Å². The summed E-state index contributed by atoms with van der Waals surface area (Å²) in [5, 5.41) is 4.94. The molecule has 5 rings (SSSR count). The number of carbonyl (C=O) groups is 1. The Morgan fingerprint density at radius 1 is 1.09 bits per heavy atom. The number of thiophene rings is 1. The number of carbonyl (C=O) groups excluding carboxylic acids is 1. The molecule has 1 fully saturated rings. The standard InChI is InChI=1S/C25H26N4O3S2/c1-28-21-13-6-5-12-20(21)26-24(28)23(18-9-3-2-4-10-18)27-25(30)19-11-7-15-29(17-19)34(31,32)22-14-8-16-33-22/h2-6,8-10,12-14,16,19,23H,7,11,15,17H2,1H3,(H,27,30). The molecule has 1 saturated heterocycles. The fourth-order valence-corrected chi connectivity index (χ4v) is 7.21. The van der Waals surface area contributed by atoms with Crippen LogP contribution in [0, 0.1) is 5.92 Å². The molecule has 2 unspecified atom stereocenters. The van der Waals surface area contributed by atoms with E-state index < -0.39 is 22.0 Å². The normalized spacial score (nSPS) is 18.1. The van der Waals surface area contributed by atoms with E-state index in [-0.39, 0.29) is 12.5 Å². The predicted molar refractivity (Wildman–Crippen MR) is 133 cm³/mol. The molecule has 2 atom stereocenters. The maximum absolute atomic E-state index is 13.5. The molecule has 1 N–H and O–H groups in total. The van der Waals surface area contributed by atoms with E-state index in [0.717, 1.165) is 22.4 Å². The van der Waals surface area contributed by atoms with Gasteiger partial charge in [0.2, 0.25) is 5.91 Å². The fraction of sp³-hybridized carbons (Fsp3) is 0.280. The number of piperidine rings is 1. The van der Waals surface area contributed by atoms with Crippen molar-refractivity contribution in [3.63, 3.8) is 0 Å². The summed E-state index contributed by atoms with van der Waals surface area (Å²) in [6.45, 7) is 0.604. The Labute approximate surface area is 203 Å². The number of hydrogen-bond donors (Lipinski definition) is 1. The Morgan fingerprint density at radius 3 is 2.59 bits per heavy atom. The van der Waals surface area contributed by atoms with Crippen LogP contribution in [-0.4, -0.2) is 41.3 Å². The zero-order valence-corrected chi connectivity index (χ0v) is 20.4. The van der Waals surface area contributed by atoms with E-state index in [4.69, 9.17) is 4.98 Å². The maximum Gasteiger partial charge on any atom is 0.252 e. The number of aryl methyl sites for hydroxylation is 1. The molecule has 0 saturated carbocycles. The first kappa shape index (κ1) is 22.8. The van der Waals surface area contributed by atoms with Crippen LogP contribution in [0.15, 0.2) is 76.3 Å². The number of aromatic nitrogens is 2. The molecule has 1 amide bonds. The molecule has 4 aromatic rings. The van der Waals surface area contributed by atoms with E-state index in [1.54, 1.807) is 17.5 Å². The Bertz CT molecular complexity index is 1400. The lowest BCUT2D eigenvalue weighted by molar-refractivity contribution is -0.126. The molecule has 1 aliphatic rings. The van der Waals surface area contributed by atoms with Crippen LogP contribution in [-0.2, 0) is 21.9 Å². The molecule has 7 nitrogen and oxygen atoms in total. The minimum absolute atomic E-state index is 0.160.